The smallest absolute Gasteiger partial charge is 0.293 e. The lowest BCUT2D eigenvalue weighted by Crippen LogP contribution is -2.46. The first-order valence-corrected chi connectivity index (χ1v) is 27.9. The molecule has 392 valence electrons. The highest BCUT2D eigenvalue weighted by Crippen LogP contribution is 2.45. The lowest BCUT2D eigenvalue weighted by Gasteiger charge is -2.38. The number of sulfonamides is 1. The number of halogens is 2. The van der Waals surface area contributed by atoms with E-state index in [1.54, 1.807) is 37.4 Å². The summed E-state index contributed by atoms with van der Waals surface area (Å²) in [6.07, 6.45) is 2.54. The molecule has 0 saturated carbocycles. The third-order valence-electron chi connectivity index (χ3n) is 13.5. The van der Waals surface area contributed by atoms with E-state index in [2.05, 4.69) is 24.9 Å². The summed E-state index contributed by atoms with van der Waals surface area (Å²) in [6, 6.07) is 23.7. The molecule has 75 heavy (non-hydrogen) atoms. The highest BCUT2D eigenvalue weighted by atomic mass is 35.5. The third kappa shape index (κ3) is 10.3. The number of nitro benzene ring substituents is 1. The number of aromatic nitrogens is 3. The first-order chi connectivity index (χ1) is 35.8. The van der Waals surface area contributed by atoms with Crippen molar-refractivity contribution >= 4 is 82.5 Å². The molecule has 0 spiro atoms. The summed E-state index contributed by atoms with van der Waals surface area (Å²) in [7, 11) is -8.50. The number of ether oxygens (including phenoxy) is 3. The molecule has 3 aliphatic rings. The number of pyridine rings is 1. The standard InChI is InChI=1S/C52H53ClFN9O10S2/c1-31(2)62-32(3)49(74(4,67)68)47(48(62)33-5-7-36(53)8-6-33)35-23-37(54)26-39(24-35)60-17-15-59(16-18-60)38-9-11-42(44(27-38)61-19-20-73-52-46(61)25-34-13-14-55-50(34)57-52)51(64)58-75(69,70)41-10-12-43(45(28-41)63(65)66)56-29-40-30-71-21-22-72-40/h5-14,23-28,31,40,56H,15-22,29-30H2,1-4H3,(H,55,57)(H,58,64)/t40-/m1/s1. The Morgan fingerprint density at radius 2 is 1.64 bits per heavy atom. The predicted octanol–water partition coefficient (Wildman–Crippen LogP) is 8.50. The zero-order valence-corrected chi connectivity index (χ0v) is 43.7. The Balaban J connectivity index is 0.953. The van der Waals surface area contributed by atoms with Crippen LogP contribution < -0.4 is 29.5 Å². The number of anilines is 5. The summed E-state index contributed by atoms with van der Waals surface area (Å²) in [5, 5.41) is 16.4. The number of benzene rings is 4. The zero-order valence-electron chi connectivity index (χ0n) is 41.3. The van der Waals surface area contributed by atoms with Gasteiger partial charge in [0.2, 0.25) is 5.88 Å². The van der Waals surface area contributed by atoms with Crippen LogP contribution in [0, 0.1) is 22.9 Å². The van der Waals surface area contributed by atoms with Crippen molar-refractivity contribution in [3.05, 3.63) is 129 Å². The second kappa shape index (κ2) is 20.5. The molecule has 4 aromatic carbocycles. The van der Waals surface area contributed by atoms with Gasteiger partial charge in [-0.1, -0.05) is 23.7 Å². The van der Waals surface area contributed by atoms with Crippen molar-refractivity contribution < 1.29 is 45.2 Å². The Morgan fingerprint density at radius 1 is 0.893 bits per heavy atom. The van der Waals surface area contributed by atoms with Crippen molar-refractivity contribution in [3.63, 3.8) is 0 Å². The van der Waals surface area contributed by atoms with Crippen molar-refractivity contribution in [3.8, 4) is 28.3 Å². The number of fused-ring (bicyclic) bond motifs is 2. The highest BCUT2D eigenvalue weighted by Gasteiger charge is 2.33. The van der Waals surface area contributed by atoms with E-state index >= 15 is 4.39 Å². The normalized spacial score (nSPS) is 16.3. The second-order valence-electron chi connectivity index (χ2n) is 18.8. The molecular weight excluding hydrogens is 1030 g/mol. The van der Waals surface area contributed by atoms with Crippen molar-refractivity contribution in [1.29, 1.82) is 0 Å². The number of nitro groups is 1. The van der Waals surface area contributed by atoms with Crippen LogP contribution in [0.1, 0.15) is 35.9 Å². The predicted molar refractivity (Wildman–Crippen MR) is 285 cm³/mol. The van der Waals surface area contributed by atoms with Gasteiger partial charge in [-0.05, 0) is 105 Å². The fraction of sp³-hybridized carbons (Fsp3) is 0.308. The maximum Gasteiger partial charge on any atom is 0.293 e. The number of nitrogens with zero attached hydrogens (tertiary/aromatic N) is 6. The SMILES string of the molecule is Cc1c(S(C)(=O)=O)c(-c2cc(F)cc(N3CCN(c4ccc(C(=O)NS(=O)(=O)c5ccc(NC[C@@H]6COCCO6)c([N+](=O)[O-])c5)c(N5CCOc6nc7[nH]ccc7cc65)c4)CC3)c2)c(-c2ccc(Cl)cc2)n1C(C)C. The summed E-state index contributed by atoms with van der Waals surface area (Å²) in [6.45, 7) is 9.16. The number of aromatic amines is 1. The zero-order chi connectivity index (χ0) is 52.9. The van der Waals surface area contributed by atoms with Crippen LogP contribution in [0.15, 0.2) is 107 Å². The van der Waals surface area contributed by atoms with E-state index in [4.69, 9.17) is 25.8 Å². The molecule has 6 heterocycles. The molecule has 0 radical (unpaired) electrons. The number of carbonyl (C=O) groups excluding carboxylic acids is 1. The molecule has 3 aliphatic heterocycles. The lowest BCUT2D eigenvalue weighted by atomic mass is 9.99. The third-order valence-corrected chi connectivity index (χ3v) is 16.4. The van der Waals surface area contributed by atoms with E-state index in [-0.39, 0.29) is 48.0 Å². The van der Waals surface area contributed by atoms with Crippen LogP contribution in [0.5, 0.6) is 5.88 Å². The van der Waals surface area contributed by atoms with E-state index in [0.29, 0.717) is 108 Å². The van der Waals surface area contributed by atoms with Crippen LogP contribution in [0.3, 0.4) is 0 Å². The number of H-pyrrole nitrogens is 1. The van der Waals surface area contributed by atoms with Crippen LogP contribution in [0.25, 0.3) is 33.4 Å². The molecular formula is C52H53ClFN9O10S2. The van der Waals surface area contributed by atoms with E-state index in [1.165, 1.54) is 30.3 Å². The number of piperazine rings is 1. The van der Waals surface area contributed by atoms with Gasteiger partial charge in [0.25, 0.3) is 21.6 Å². The minimum absolute atomic E-state index is 0.00859. The van der Waals surface area contributed by atoms with Gasteiger partial charge in [-0.15, -0.1) is 0 Å². The molecule has 2 saturated heterocycles. The van der Waals surface area contributed by atoms with E-state index in [1.807, 2.05) is 58.5 Å². The summed E-state index contributed by atoms with van der Waals surface area (Å²) in [5.41, 5.74) is 4.97. The molecule has 0 unspecified atom stereocenters. The molecule has 10 rings (SSSR count). The summed E-state index contributed by atoms with van der Waals surface area (Å²) >= 11 is 6.29. The number of nitrogens with one attached hydrogen (secondary N) is 3. The van der Waals surface area contributed by atoms with Crippen LogP contribution in [0.4, 0.5) is 38.5 Å². The van der Waals surface area contributed by atoms with Crippen molar-refractivity contribution in [1.82, 2.24) is 19.3 Å². The Labute approximate surface area is 437 Å². The largest absolute Gasteiger partial charge is 0.474 e. The van der Waals surface area contributed by atoms with Crippen molar-refractivity contribution in [2.75, 3.05) is 92.0 Å². The van der Waals surface area contributed by atoms with E-state index in [0.717, 1.165) is 23.3 Å². The minimum Gasteiger partial charge on any atom is -0.474 e. The molecule has 23 heteroatoms. The van der Waals surface area contributed by atoms with Gasteiger partial charge in [0.15, 0.2) is 9.84 Å². The van der Waals surface area contributed by atoms with Crippen LogP contribution >= 0.6 is 11.6 Å². The van der Waals surface area contributed by atoms with Gasteiger partial charge in [0.1, 0.15) is 29.4 Å². The molecule has 0 aliphatic carbocycles. The molecule has 7 aromatic rings. The summed E-state index contributed by atoms with van der Waals surface area (Å²) in [5.74, 6) is -1.22. The molecule has 2 fully saturated rings. The highest BCUT2D eigenvalue weighted by molar-refractivity contribution is 7.91. The number of carbonyl (C=O) groups is 1. The molecule has 1 amide bonds. The van der Waals surface area contributed by atoms with Gasteiger partial charge in [-0.25, -0.2) is 25.9 Å². The van der Waals surface area contributed by atoms with Gasteiger partial charge in [-0.3, -0.25) is 14.9 Å². The Hall–Kier alpha value is -7.24. The minimum atomic E-state index is -4.68. The van der Waals surface area contributed by atoms with Crippen LogP contribution in [-0.2, 0) is 29.3 Å². The maximum atomic E-state index is 16.0. The van der Waals surface area contributed by atoms with Crippen LogP contribution in [0.2, 0.25) is 5.02 Å². The van der Waals surface area contributed by atoms with E-state index < -0.39 is 47.1 Å². The lowest BCUT2D eigenvalue weighted by molar-refractivity contribution is -0.384. The number of rotatable bonds is 14. The average molecular weight is 1080 g/mol. The first kappa shape index (κ1) is 51.3. The number of amides is 1. The monoisotopic (exact) mass is 1080 g/mol. The quantitative estimate of drug-likeness (QED) is 0.0686. The summed E-state index contributed by atoms with van der Waals surface area (Å²) < 4.78 is 92.3. The molecule has 3 aromatic heterocycles. The van der Waals surface area contributed by atoms with Crippen molar-refractivity contribution in [2.45, 2.75) is 42.7 Å². The number of sulfone groups is 1. The van der Waals surface area contributed by atoms with Gasteiger partial charge in [-0.2, -0.15) is 4.98 Å². The molecule has 19 nitrogen and oxygen atoms in total. The summed E-state index contributed by atoms with van der Waals surface area (Å²) in [4.78, 5) is 39.2. The van der Waals surface area contributed by atoms with Gasteiger partial charge < -0.3 is 43.8 Å². The average Bonchev–Trinajstić information content (AvgIpc) is 4.00. The first-order valence-electron chi connectivity index (χ1n) is 24.2. The van der Waals surface area contributed by atoms with E-state index in [9.17, 15) is 31.7 Å². The fourth-order valence-corrected chi connectivity index (χ4v) is 12.5. The Bertz CT molecular complexity index is 3600. The molecule has 0 bridgehead atoms. The van der Waals surface area contributed by atoms with Gasteiger partial charge in [0, 0.05) is 90.3 Å². The maximum absolute atomic E-state index is 16.0. The van der Waals surface area contributed by atoms with Gasteiger partial charge in [0.05, 0.1) is 64.1 Å². The topological polar surface area (TPSA) is 224 Å². The Kier molecular flexibility index (Phi) is 14.0. The Morgan fingerprint density at radius 3 is 2.33 bits per heavy atom. The molecule has 1 atom stereocenters. The van der Waals surface area contributed by atoms with Crippen LogP contribution in [-0.4, -0.2) is 120 Å². The van der Waals surface area contributed by atoms with Gasteiger partial charge >= 0.3 is 0 Å². The molecule has 3 N–H and O–H groups in total. The van der Waals surface area contributed by atoms with Crippen molar-refractivity contribution in [2.24, 2.45) is 0 Å². The second-order valence-corrected chi connectivity index (χ2v) is 22.9. The number of hydrogen-bond acceptors (Lipinski definition) is 15. The number of hydrogen-bond donors (Lipinski definition) is 3. The fourth-order valence-electron chi connectivity index (χ4n) is 10.2.